The van der Waals surface area contributed by atoms with Crippen LogP contribution in [-0.2, 0) is 13.1 Å². The maximum atomic E-state index is 13.2. The summed E-state index contributed by atoms with van der Waals surface area (Å²) in [5, 5.41) is 4.34. The van der Waals surface area contributed by atoms with E-state index in [9.17, 15) is 9.18 Å². The van der Waals surface area contributed by atoms with E-state index in [1.54, 1.807) is 27.6 Å². The number of nitrogens with zero attached hydrogens (tertiary/aromatic N) is 6. The SMILES string of the molecule is CCCn1c(N2CCCC2)nc2nc(-c3cnn(CC#Cc4ccc(F)cc4)c3)[nH]c2c1=O. The molecule has 33 heavy (non-hydrogen) atoms. The van der Waals surface area contributed by atoms with Gasteiger partial charge in [-0.1, -0.05) is 18.8 Å². The molecule has 9 heteroatoms. The Balaban J connectivity index is 1.42. The van der Waals surface area contributed by atoms with E-state index < -0.39 is 0 Å². The Bertz CT molecular complexity index is 1400. The van der Waals surface area contributed by atoms with Gasteiger partial charge in [-0.25, -0.2) is 9.37 Å². The molecule has 1 aliphatic heterocycles. The fourth-order valence-electron chi connectivity index (χ4n) is 4.02. The summed E-state index contributed by atoms with van der Waals surface area (Å²) < 4.78 is 16.4. The molecule has 4 heterocycles. The van der Waals surface area contributed by atoms with Crippen molar-refractivity contribution in [3.05, 3.63) is 58.4 Å². The summed E-state index contributed by atoms with van der Waals surface area (Å²) in [4.78, 5) is 27.9. The predicted octanol–water partition coefficient (Wildman–Crippen LogP) is 3.18. The van der Waals surface area contributed by atoms with E-state index in [0.29, 0.717) is 36.0 Å². The fourth-order valence-corrected chi connectivity index (χ4v) is 4.02. The largest absolute Gasteiger partial charge is 0.342 e. The first-order chi connectivity index (χ1) is 16.1. The molecule has 0 saturated carbocycles. The maximum Gasteiger partial charge on any atom is 0.280 e. The third-order valence-electron chi connectivity index (χ3n) is 5.65. The highest BCUT2D eigenvalue weighted by Crippen LogP contribution is 2.22. The van der Waals surface area contributed by atoms with Crippen molar-refractivity contribution in [3.63, 3.8) is 0 Å². The van der Waals surface area contributed by atoms with Crippen molar-refractivity contribution >= 4 is 17.1 Å². The molecule has 0 amide bonds. The summed E-state index contributed by atoms with van der Waals surface area (Å²) in [5.41, 5.74) is 2.23. The molecule has 0 radical (unpaired) electrons. The van der Waals surface area contributed by atoms with Gasteiger partial charge < -0.3 is 9.88 Å². The van der Waals surface area contributed by atoms with Crippen molar-refractivity contribution in [1.82, 2.24) is 29.3 Å². The lowest BCUT2D eigenvalue weighted by molar-refractivity contribution is 0.627. The number of aromatic nitrogens is 6. The summed E-state index contributed by atoms with van der Waals surface area (Å²) in [5.74, 6) is 6.98. The topological polar surface area (TPSA) is 84.6 Å². The highest BCUT2D eigenvalue weighted by molar-refractivity contribution is 5.76. The summed E-state index contributed by atoms with van der Waals surface area (Å²) in [7, 11) is 0. The molecule has 3 aromatic heterocycles. The molecular weight excluding hydrogens is 421 g/mol. The second-order valence-corrected chi connectivity index (χ2v) is 8.08. The second-order valence-electron chi connectivity index (χ2n) is 8.08. The summed E-state index contributed by atoms with van der Waals surface area (Å²) in [6.45, 7) is 4.86. The lowest BCUT2D eigenvalue weighted by Gasteiger charge is -2.20. The van der Waals surface area contributed by atoms with E-state index in [1.165, 1.54) is 12.1 Å². The van der Waals surface area contributed by atoms with Crippen LogP contribution in [0.2, 0.25) is 0 Å². The van der Waals surface area contributed by atoms with Crippen LogP contribution in [0, 0.1) is 17.7 Å². The van der Waals surface area contributed by atoms with Crippen molar-refractivity contribution in [2.45, 2.75) is 39.3 Å². The molecule has 4 aromatic rings. The molecule has 0 bridgehead atoms. The Morgan fingerprint density at radius 2 is 1.94 bits per heavy atom. The number of hydrogen-bond donors (Lipinski definition) is 1. The standard InChI is InChI=1S/C24H24FN7O/c1-2-11-32-23(33)20-22(29-24(32)30-12-3-4-13-30)28-21(27-20)18-15-26-31(16-18)14-5-6-17-7-9-19(25)10-8-17/h7-10,15-16H,2-4,11-14H2,1H3,(H,27,28). The number of aromatic amines is 1. The van der Waals surface area contributed by atoms with Crippen LogP contribution in [0.4, 0.5) is 10.3 Å². The molecule has 1 aliphatic rings. The average molecular weight is 446 g/mol. The molecular formula is C24H24FN7O. The van der Waals surface area contributed by atoms with Crippen LogP contribution in [0.3, 0.4) is 0 Å². The van der Waals surface area contributed by atoms with Gasteiger partial charge in [0.2, 0.25) is 5.95 Å². The van der Waals surface area contributed by atoms with Gasteiger partial charge in [-0.3, -0.25) is 14.0 Å². The first kappa shape index (κ1) is 20.9. The van der Waals surface area contributed by atoms with Gasteiger partial charge in [-0.15, -0.1) is 0 Å². The lowest BCUT2D eigenvalue weighted by atomic mass is 10.2. The molecule has 8 nitrogen and oxygen atoms in total. The molecule has 0 spiro atoms. The van der Waals surface area contributed by atoms with Gasteiger partial charge in [0.05, 0.1) is 11.8 Å². The molecule has 1 fully saturated rings. The monoisotopic (exact) mass is 445 g/mol. The van der Waals surface area contributed by atoms with Gasteiger partial charge in [-0.05, 0) is 43.5 Å². The average Bonchev–Trinajstić information content (AvgIpc) is 3.57. The number of halogens is 1. The Morgan fingerprint density at radius 1 is 1.15 bits per heavy atom. The zero-order chi connectivity index (χ0) is 22.8. The summed E-state index contributed by atoms with van der Waals surface area (Å²) in [6, 6.07) is 6.05. The van der Waals surface area contributed by atoms with Gasteiger partial charge >= 0.3 is 0 Å². The Kier molecular flexibility index (Phi) is 5.65. The molecule has 0 aliphatic carbocycles. The van der Waals surface area contributed by atoms with Crippen LogP contribution in [0.25, 0.3) is 22.6 Å². The van der Waals surface area contributed by atoms with E-state index in [4.69, 9.17) is 4.98 Å². The number of imidazole rings is 1. The zero-order valence-corrected chi connectivity index (χ0v) is 18.4. The first-order valence-corrected chi connectivity index (χ1v) is 11.1. The van der Waals surface area contributed by atoms with Gasteiger partial charge in [0.25, 0.3) is 5.56 Å². The number of H-pyrrole nitrogens is 1. The Morgan fingerprint density at radius 3 is 2.70 bits per heavy atom. The van der Waals surface area contributed by atoms with Crippen LogP contribution in [0.5, 0.6) is 0 Å². The van der Waals surface area contributed by atoms with E-state index in [2.05, 4.69) is 38.7 Å². The van der Waals surface area contributed by atoms with Crippen molar-refractivity contribution < 1.29 is 4.39 Å². The van der Waals surface area contributed by atoms with E-state index in [0.717, 1.165) is 43.5 Å². The molecule has 168 valence electrons. The molecule has 0 unspecified atom stereocenters. The summed E-state index contributed by atoms with van der Waals surface area (Å²) >= 11 is 0. The van der Waals surface area contributed by atoms with Gasteiger partial charge in [-0.2, -0.15) is 10.1 Å². The Hall–Kier alpha value is -3.93. The molecule has 1 N–H and O–H groups in total. The molecule has 1 saturated heterocycles. The number of hydrogen-bond acceptors (Lipinski definition) is 5. The highest BCUT2D eigenvalue weighted by atomic mass is 19.1. The normalized spacial score (nSPS) is 13.5. The van der Waals surface area contributed by atoms with Crippen LogP contribution < -0.4 is 10.5 Å². The quantitative estimate of drug-likeness (QED) is 0.477. The number of fused-ring (bicyclic) bond motifs is 1. The fraction of sp³-hybridized carbons (Fsp3) is 0.333. The first-order valence-electron chi connectivity index (χ1n) is 11.1. The van der Waals surface area contributed by atoms with Crippen molar-refractivity contribution in [3.8, 4) is 23.2 Å². The lowest BCUT2D eigenvalue weighted by Crippen LogP contribution is -2.31. The van der Waals surface area contributed by atoms with Crippen LogP contribution >= 0.6 is 0 Å². The van der Waals surface area contributed by atoms with Crippen LogP contribution in [-0.4, -0.2) is 42.4 Å². The van der Waals surface area contributed by atoms with E-state index >= 15 is 0 Å². The molecule has 1 aromatic carbocycles. The van der Waals surface area contributed by atoms with E-state index in [-0.39, 0.29) is 11.4 Å². The third kappa shape index (κ3) is 4.24. The number of nitrogens with one attached hydrogen (secondary N) is 1. The Labute approximate surface area is 190 Å². The maximum absolute atomic E-state index is 13.2. The molecule has 5 rings (SSSR count). The van der Waals surface area contributed by atoms with E-state index in [1.807, 2.05) is 6.20 Å². The highest BCUT2D eigenvalue weighted by Gasteiger charge is 2.22. The van der Waals surface area contributed by atoms with Crippen molar-refractivity contribution in [2.24, 2.45) is 0 Å². The number of rotatable bonds is 5. The minimum atomic E-state index is -0.286. The van der Waals surface area contributed by atoms with Gasteiger partial charge in [0, 0.05) is 31.4 Å². The minimum Gasteiger partial charge on any atom is -0.342 e. The van der Waals surface area contributed by atoms with Crippen molar-refractivity contribution in [1.29, 1.82) is 0 Å². The van der Waals surface area contributed by atoms with Crippen LogP contribution in [0.15, 0.2) is 41.5 Å². The summed E-state index contributed by atoms with van der Waals surface area (Å²) in [6.07, 6.45) is 6.57. The third-order valence-corrected chi connectivity index (χ3v) is 5.65. The smallest absolute Gasteiger partial charge is 0.280 e. The predicted molar refractivity (Wildman–Crippen MR) is 124 cm³/mol. The zero-order valence-electron chi connectivity index (χ0n) is 18.4. The van der Waals surface area contributed by atoms with Gasteiger partial charge in [0.1, 0.15) is 18.2 Å². The van der Waals surface area contributed by atoms with Crippen LogP contribution in [0.1, 0.15) is 31.7 Å². The number of benzene rings is 1. The van der Waals surface area contributed by atoms with Crippen molar-refractivity contribution in [2.75, 3.05) is 18.0 Å². The second kappa shape index (κ2) is 8.90. The minimum absolute atomic E-state index is 0.0972. The van der Waals surface area contributed by atoms with Gasteiger partial charge in [0.15, 0.2) is 11.2 Å². The number of anilines is 1. The molecule has 0 atom stereocenters.